The molecule has 0 radical (unpaired) electrons. The third kappa shape index (κ3) is 1.98. The number of rotatable bonds is 1. The lowest BCUT2D eigenvalue weighted by Gasteiger charge is -2.40. The molecule has 0 bridgehead atoms. The number of carboxylic acid groups (broad SMARTS) is 1. The summed E-state index contributed by atoms with van der Waals surface area (Å²) in [6, 6.07) is 0. The Morgan fingerprint density at radius 2 is 2.00 bits per heavy atom. The average Bonchev–Trinajstić information content (AvgIpc) is 2.97. The molecule has 0 saturated carbocycles. The van der Waals surface area contributed by atoms with E-state index in [0.717, 1.165) is 4.90 Å². The Labute approximate surface area is 126 Å². The van der Waals surface area contributed by atoms with Crippen LogP contribution in [-0.2, 0) is 14.3 Å². The van der Waals surface area contributed by atoms with Gasteiger partial charge in [-0.2, -0.15) is 0 Å². The van der Waals surface area contributed by atoms with E-state index in [0.29, 0.717) is 24.2 Å². The first-order valence-corrected chi connectivity index (χ1v) is 7.21. The van der Waals surface area contributed by atoms with Crippen molar-refractivity contribution >= 4 is 18.0 Å². The number of nitrogens with zero attached hydrogens (tertiary/aromatic N) is 2. The van der Waals surface area contributed by atoms with Gasteiger partial charge in [0.2, 0.25) is 5.91 Å². The van der Waals surface area contributed by atoms with Gasteiger partial charge in [-0.05, 0) is 19.8 Å². The quantitative estimate of drug-likeness (QED) is 0.648. The van der Waals surface area contributed by atoms with Crippen LogP contribution < -0.4 is 0 Å². The first-order chi connectivity index (χ1) is 10.4. The SMILES string of the molecule is CC1=C(N2CCC3(CCN(C(=O)O)CC3O)C2=O)COC1=O. The van der Waals surface area contributed by atoms with E-state index >= 15 is 0 Å². The first-order valence-electron chi connectivity index (χ1n) is 7.21. The van der Waals surface area contributed by atoms with E-state index in [9.17, 15) is 19.5 Å². The van der Waals surface area contributed by atoms with E-state index in [4.69, 9.17) is 9.84 Å². The fourth-order valence-electron chi connectivity index (χ4n) is 3.49. The lowest BCUT2D eigenvalue weighted by atomic mass is 9.75. The highest BCUT2D eigenvalue weighted by Crippen LogP contribution is 2.43. The minimum Gasteiger partial charge on any atom is -0.465 e. The van der Waals surface area contributed by atoms with Gasteiger partial charge in [0.15, 0.2) is 0 Å². The summed E-state index contributed by atoms with van der Waals surface area (Å²) in [5, 5.41) is 19.4. The molecule has 2 atom stereocenters. The van der Waals surface area contributed by atoms with Gasteiger partial charge in [0.1, 0.15) is 6.61 Å². The van der Waals surface area contributed by atoms with Gasteiger partial charge in [0.25, 0.3) is 0 Å². The number of ether oxygens (including phenoxy) is 1. The third-order valence-electron chi connectivity index (χ3n) is 4.99. The molecule has 3 aliphatic heterocycles. The largest absolute Gasteiger partial charge is 0.465 e. The zero-order chi connectivity index (χ0) is 16.1. The first kappa shape index (κ1) is 14.8. The molecule has 0 aromatic carbocycles. The molecule has 2 unspecified atom stereocenters. The molecule has 2 amide bonds. The second kappa shape index (κ2) is 4.98. The van der Waals surface area contributed by atoms with Crippen molar-refractivity contribution in [3.63, 3.8) is 0 Å². The van der Waals surface area contributed by atoms with E-state index < -0.39 is 23.6 Å². The number of esters is 1. The van der Waals surface area contributed by atoms with Crippen LogP contribution in [0.2, 0.25) is 0 Å². The average molecular weight is 310 g/mol. The van der Waals surface area contributed by atoms with E-state index in [2.05, 4.69) is 0 Å². The Morgan fingerprint density at radius 1 is 1.32 bits per heavy atom. The molecule has 3 rings (SSSR count). The molecule has 1 spiro atoms. The van der Waals surface area contributed by atoms with Crippen LogP contribution >= 0.6 is 0 Å². The minimum atomic E-state index is -1.09. The highest BCUT2D eigenvalue weighted by molar-refractivity contribution is 5.94. The van der Waals surface area contributed by atoms with E-state index in [1.54, 1.807) is 6.92 Å². The van der Waals surface area contributed by atoms with Crippen molar-refractivity contribution < 1.29 is 29.3 Å². The zero-order valence-electron chi connectivity index (χ0n) is 12.2. The van der Waals surface area contributed by atoms with Crippen molar-refractivity contribution in [2.75, 3.05) is 26.2 Å². The second-order valence-electron chi connectivity index (χ2n) is 6.01. The number of β-amino-alcohol motifs (C(OH)–C–C–N with tert-alkyl or cyclic N) is 1. The summed E-state index contributed by atoms with van der Waals surface area (Å²) in [6.07, 6.45) is -1.39. The molecule has 3 aliphatic rings. The topological polar surface area (TPSA) is 107 Å². The summed E-state index contributed by atoms with van der Waals surface area (Å²) >= 11 is 0. The highest BCUT2D eigenvalue weighted by Gasteiger charge is 2.55. The molecular formula is C14H18N2O6. The van der Waals surface area contributed by atoms with Crippen molar-refractivity contribution in [3.05, 3.63) is 11.3 Å². The number of piperidine rings is 1. The van der Waals surface area contributed by atoms with Crippen molar-refractivity contribution in [3.8, 4) is 0 Å². The van der Waals surface area contributed by atoms with E-state index in [1.807, 2.05) is 0 Å². The van der Waals surface area contributed by atoms with E-state index in [1.165, 1.54) is 4.90 Å². The second-order valence-corrected chi connectivity index (χ2v) is 6.01. The standard InChI is InChI=1S/C14H18N2O6/c1-8-9(7-22-11(8)18)16-5-3-14(12(16)19)2-4-15(13(20)21)6-10(14)17/h10,17H,2-7H2,1H3,(H,20,21). The molecule has 8 nitrogen and oxygen atoms in total. The van der Waals surface area contributed by atoms with E-state index in [-0.39, 0.29) is 32.0 Å². The fraction of sp³-hybridized carbons (Fsp3) is 0.643. The van der Waals surface area contributed by atoms with Crippen LogP contribution in [-0.4, -0.2) is 70.3 Å². The van der Waals surface area contributed by atoms with Crippen LogP contribution in [0.4, 0.5) is 4.79 Å². The number of hydrogen-bond acceptors (Lipinski definition) is 5. The van der Waals surface area contributed by atoms with Crippen LogP contribution in [0.25, 0.3) is 0 Å². The Hall–Kier alpha value is -2.09. The number of carbonyl (C=O) groups is 3. The predicted molar refractivity (Wildman–Crippen MR) is 72.6 cm³/mol. The number of aliphatic hydroxyl groups is 1. The van der Waals surface area contributed by atoms with Crippen molar-refractivity contribution in [2.45, 2.75) is 25.9 Å². The minimum absolute atomic E-state index is 0.0671. The maximum Gasteiger partial charge on any atom is 0.407 e. The predicted octanol–water partition coefficient (Wildman–Crippen LogP) is -0.220. The van der Waals surface area contributed by atoms with Gasteiger partial charge in [-0.15, -0.1) is 0 Å². The van der Waals surface area contributed by atoms with Gasteiger partial charge in [-0.1, -0.05) is 0 Å². The molecule has 22 heavy (non-hydrogen) atoms. The van der Waals surface area contributed by atoms with Gasteiger partial charge in [-0.3, -0.25) is 4.79 Å². The normalized spacial score (nSPS) is 32.2. The van der Waals surface area contributed by atoms with Gasteiger partial charge < -0.3 is 24.7 Å². The molecule has 2 fully saturated rings. The maximum absolute atomic E-state index is 12.8. The Bertz CT molecular complexity index is 586. The summed E-state index contributed by atoms with van der Waals surface area (Å²) in [4.78, 5) is 37.9. The van der Waals surface area contributed by atoms with Gasteiger partial charge >= 0.3 is 12.1 Å². The monoisotopic (exact) mass is 310 g/mol. The fourth-order valence-corrected chi connectivity index (χ4v) is 3.49. The lowest BCUT2D eigenvalue weighted by Crippen LogP contribution is -2.55. The van der Waals surface area contributed by atoms with Gasteiger partial charge in [0, 0.05) is 13.1 Å². The van der Waals surface area contributed by atoms with Gasteiger partial charge in [-0.25, -0.2) is 9.59 Å². The van der Waals surface area contributed by atoms with Crippen molar-refractivity contribution in [1.29, 1.82) is 0 Å². The number of cyclic esters (lactones) is 1. The van der Waals surface area contributed by atoms with Crippen LogP contribution in [0.5, 0.6) is 0 Å². The Kier molecular flexibility index (Phi) is 3.36. The molecule has 3 heterocycles. The number of hydrogen-bond donors (Lipinski definition) is 2. The van der Waals surface area contributed by atoms with Crippen LogP contribution in [0.3, 0.4) is 0 Å². The third-order valence-corrected chi connectivity index (χ3v) is 4.99. The molecule has 2 saturated heterocycles. The number of likely N-dealkylation sites (tertiary alicyclic amines) is 2. The number of amides is 2. The molecule has 120 valence electrons. The van der Waals surface area contributed by atoms with Crippen molar-refractivity contribution in [2.24, 2.45) is 5.41 Å². The number of aliphatic hydroxyl groups excluding tert-OH is 1. The van der Waals surface area contributed by atoms with Gasteiger partial charge in [0.05, 0.1) is 29.3 Å². The van der Waals surface area contributed by atoms with Crippen molar-refractivity contribution in [1.82, 2.24) is 9.80 Å². The lowest BCUT2D eigenvalue weighted by molar-refractivity contribution is -0.145. The molecule has 0 aromatic heterocycles. The summed E-state index contributed by atoms with van der Waals surface area (Å²) in [6.45, 7) is 2.25. The maximum atomic E-state index is 12.8. The smallest absolute Gasteiger partial charge is 0.407 e. The molecule has 0 aromatic rings. The summed E-state index contributed by atoms with van der Waals surface area (Å²) < 4.78 is 4.93. The Balaban J connectivity index is 1.82. The molecule has 2 N–H and O–H groups in total. The van der Waals surface area contributed by atoms with Crippen LogP contribution in [0, 0.1) is 5.41 Å². The molecule has 0 aliphatic carbocycles. The van der Waals surface area contributed by atoms with Crippen LogP contribution in [0.1, 0.15) is 19.8 Å². The summed E-state index contributed by atoms with van der Waals surface area (Å²) in [7, 11) is 0. The molecule has 8 heteroatoms. The zero-order valence-corrected chi connectivity index (χ0v) is 12.2. The highest BCUT2D eigenvalue weighted by atomic mass is 16.5. The Morgan fingerprint density at radius 3 is 2.55 bits per heavy atom. The molecular weight excluding hydrogens is 292 g/mol. The number of carbonyl (C=O) groups excluding carboxylic acids is 2. The summed E-state index contributed by atoms with van der Waals surface area (Å²) in [5.41, 5.74) is 0.0211. The summed E-state index contributed by atoms with van der Waals surface area (Å²) in [5.74, 6) is -0.664. The van der Waals surface area contributed by atoms with Crippen LogP contribution in [0.15, 0.2) is 11.3 Å².